The standard InChI is InChI=1S/C28H23NO5S/c30-22(23-7-4-12-35-23)15-34-28(33)17-8-10-19(11-9-17)29-26(31)24-18-13-20(16-5-2-1-3-6-16)21(14-18)25(24)27(29)32/h1-12,18,20-21,24-25H,13-15H2/t18-,20+,21+,24+,25-/m0/s1. The van der Waals surface area contributed by atoms with E-state index in [4.69, 9.17) is 4.74 Å². The van der Waals surface area contributed by atoms with Gasteiger partial charge in [-0.2, -0.15) is 0 Å². The summed E-state index contributed by atoms with van der Waals surface area (Å²) in [6.07, 6.45) is 1.87. The number of fused-ring (bicyclic) bond motifs is 5. The third-order valence-corrected chi connectivity index (χ3v) is 8.65. The van der Waals surface area contributed by atoms with Crippen LogP contribution in [-0.2, 0) is 14.3 Å². The SMILES string of the molecule is O=C(OCC(=O)c1cccs1)c1ccc(N2C(=O)[C@@H]3[C@@H]4C[C@@H]([C@@H]3C2=O)[C@@H](c2ccccc2)C4)cc1. The number of ketones is 1. The number of carbonyl (C=O) groups is 4. The van der Waals surface area contributed by atoms with Gasteiger partial charge < -0.3 is 4.74 Å². The lowest BCUT2D eigenvalue weighted by Gasteiger charge is -2.28. The second kappa shape index (κ2) is 8.57. The van der Waals surface area contributed by atoms with Gasteiger partial charge in [0, 0.05) is 0 Å². The monoisotopic (exact) mass is 485 g/mol. The molecule has 7 heteroatoms. The van der Waals surface area contributed by atoms with Crippen molar-refractivity contribution in [3.05, 3.63) is 88.1 Å². The number of carbonyl (C=O) groups excluding carboxylic acids is 4. The minimum absolute atomic E-state index is 0.129. The number of hydrogen-bond acceptors (Lipinski definition) is 6. The molecule has 2 aromatic carbocycles. The van der Waals surface area contributed by atoms with Gasteiger partial charge in [-0.15, -0.1) is 11.3 Å². The fourth-order valence-electron chi connectivity index (χ4n) is 6.27. The van der Waals surface area contributed by atoms with Crippen molar-refractivity contribution in [2.75, 3.05) is 11.5 Å². The minimum atomic E-state index is -0.624. The van der Waals surface area contributed by atoms with E-state index >= 15 is 0 Å². The topological polar surface area (TPSA) is 80.8 Å². The van der Waals surface area contributed by atoms with Crippen LogP contribution in [0.4, 0.5) is 5.69 Å². The summed E-state index contributed by atoms with van der Waals surface area (Å²) < 4.78 is 5.14. The minimum Gasteiger partial charge on any atom is -0.454 e. The van der Waals surface area contributed by atoms with Gasteiger partial charge in [-0.05, 0) is 71.9 Å². The van der Waals surface area contributed by atoms with Crippen molar-refractivity contribution in [1.29, 1.82) is 0 Å². The van der Waals surface area contributed by atoms with Crippen LogP contribution in [0.5, 0.6) is 0 Å². The van der Waals surface area contributed by atoms with Crippen molar-refractivity contribution in [1.82, 2.24) is 0 Å². The highest BCUT2D eigenvalue weighted by Gasteiger charge is 2.64. The number of imide groups is 1. The fraction of sp³-hybridized carbons (Fsp3) is 0.286. The zero-order valence-corrected chi connectivity index (χ0v) is 19.6. The summed E-state index contributed by atoms with van der Waals surface area (Å²) >= 11 is 1.30. The quantitative estimate of drug-likeness (QED) is 0.287. The van der Waals surface area contributed by atoms with Gasteiger partial charge in [-0.25, -0.2) is 4.79 Å². The summed E-state index contributed by atoms with van der Waals surface area (Å²) in [5.74, 6) is -0.945. The number of ether oxygens (including phenoxy) is 1. The van der Waals surface area contributed by atoms with Crippen LogP contribution in [0.2, 0.25) is 0 Å². The molecule has 35 heavy (non-hydrogen) atoms. The van der Waals surface area contributed by atoms with Crippen molar-refractivity contribution >= 4 is 40.6 Å². The average Bonchev–Trinajstić information content (AvgIpc) is 3.67. The summed E-state index contributed by atoms with van der Waals surface area (Å²) in [7, 11) is 0. The lowest BCUT2D eigenvalue weighted by molar-refractivity contribution is -0.123. The van der Waals surface area contributed by atoms with Gasteiger partial charge in [0.25, 0.3) is 0 Å². The summed E-state index contributed by atoms with van der Waals surface area (Å²) in [6.45, 7) is -0.334. The first-order valence-corrected chi connectivity index (χ1v) is 12.7. The van der Waals surface area contributed by atoms with Crippen molar-refractivity contribution in [3.63, 3.8) is 0 Å². The van der Waals surface area contributed by atoms with Gasteiger partial charge in [-0.1, -0.05) is 36.4 Å². The highest BCUT2D eigenvalue weighted by atomic mass is 32.1. The third kappa shape index (κ3) is 3.62. The molecular formula is C28H23NO5S. The van der Waals surface area contributed by atoms with E-state index in [1.165, 1.54) is 33.9 Å². The molecular weight excluding hydrogens is 462 g/mol. The van der Waals surface area contributed by atoms with Crippen LogP contribution in [0.25, 0.3) is 0 Å². The Hall–Kier alpha value is -3.58. The van der Waals surface area contributed by atoms with Crippen molar-refractivity contribution in [3.8, 4) is 0 Å². The smallest absolute Gasteiger partial charge is 0.338 e. The lowest BCUT2D eigenvalue weighted by Crippen LogP contribution is -2.33. The molecule has 2 saturated carbocycles. The Morgan fingerprint density at radius 2 is 1.63 bits per heavy atom. The molecule has 3 fully saturated rings. The Balaban J connectivity index is 1.16. The molecule has 5 atom stereocenters. The van der Waals surface area contributed by atoms with E-state index in [0.29, 0.717) is 16.5 Å². The molecule has 2 heterocycles. The van der Waals surface area contributed by atoms with Crippen molar-refractivity contribution in [2.24, 2.45) is 23.7 Å². The predicted molar refractivity (Wildman–Crippen MR) is 130 cm³/mol. The predicted octanol–water partition coefficient (Wildman–Crippen LogP) is 4.72. The first-order chi connectivity index (χ1) is 17.0. The molecule has 176 valence electrons. The molecule has 1 aromatic heterocycles. The van der Waals surface area contributed by atoms with E-state index in [1.54, 1.807) is 29.6 Å². The van der Waals surface area contributed by atoms with Crippen LogP contribution in [0.3, 0.4) is 0 Å². The summed E-state index contributed by atoms with van der Waals surface area (Å²) in [5, 5.41) is 1.79. The molecule has 1 saturated heterocycles. The van der Waals surface area contributed by atoms with Crippen LogP contribution in [-0.4, -0.2) is 30.2 Å². The molecule has 2 bridgehead atoms. The van der Waals surface area contributed by atoms with Gasteiger partial charge in [-0.3, -0.25) is 19.3 Å². The second-order valence-electron chi connectivity index (χ2n) is 9.50. The van der Waals surface area contributed by atoms with Gasteiger partial charge in [0.1, 0.15) is 0 Å². The highest BCUT2D eigenvalue weighted by molar-refractivity contribution is 7.12. The molecule has 0 unspecified atom stereocenters. The van der Waals surface area contributed by atoms with E-state index in [1.807, 2.05) is 18.2 Å². The third-order valence-electron chi connectivity index (χ3n) is 7.73. The lowest BCUT2D eigenvalue weighted by atomic mass is 9.73. The molecule has 2 aliphatic carbocycles. The number of anilines is 1. The molecule has 6 rings (SSSR count). The van der Waals surface area contributed by atoms with Crippen LogP contribution in [0.1, 0.15) is 44.4 Å². The van der Waals surface area contributed by atoms with E-state index in [2.05, 4.69) is 12.1 Å². The highest BCUT2D eigenvalue weighted by Crippen LogP contribution is 2.61. The van der Waals surface area contributed by atoms with Gasteiger partial charge in [0.2, 0.25) is 17.6 Å². The number of Topliss-reactive ketones (excluding diaryl/α,β-unsaturated/α-hetero) is 1. The van der Waals surface area contributed by atoms with Crippen LogP contribution < -0.4 is 4.90 Å². The number of esters is 1. The molecule has 0 radical (unpaired) electrons. The van der Waals surface area contributed by atoms with Gasteiger partial charge in [0.15, 0.2) is 6.61 Å². The summed E-state index contributed by atoms with van der Waals surface area (Å²) in [5.41, 5.74) is 1.98. The van der Waals surface area contributed by atoms with Gasteiger partial charge >= 0.3 is 5.97 Å². The summed E-state index contributed by atoms with van der Waals surface area (Å²) in [4.78, 5) is 53.1. The first-order valence-electron chi connectivity index (χ1n) is 11.8. The fourth-order valence-corrected chi connectivity index (χ4v) is 6.92. The average molecular weight is 486 g/mol. The Labute approximate surface area is 206 Å². The number of thiophene rings is 1. The first kappa shape index (κ1) is 21.9. The largest absolute Gasteiger partial charge is 0.454 e. The zero-order chi connectivity index (χ0) is 24.1. The normalized spacial score (nSPS) is 26.7. The number of nitrogens with zero attached hydrogens (tertiary/aromatic N) is 1. The van der Waals surface area contributed by atoms with Gasteiger partial charge in [0.05, 0.1) is 28.0 Å². The van der Waals surface area contributed by atoms with Crippen LogP contribution >= 0.6 is 11.3 Å². The Morgan fingerprint density at radius 3 is 2.34 bits per heavy atom. The Bertz CT molecular complexity index is 1300. The molecule has 1 aliphatic heterocycles. The van der Waals surface area contributed by atoms with Crippen LogP contribution in [0.15, 0.2) is 72.1 Å². The molecule has 3 aliphatic rings. The molecule has 2 amide bonds. The number of benzene rings is 2. The van der Waals surface area contributed by atoms with E-state index in [-0.39, 0.29) is 53.4 Å². The molecule has 0 N–H and O–H groups in total. The van der Waals surface area contributed by atoms with E-state index < -0.39 is 5.97 Å². The summed E-state index contributed by atoms with van der Waals surface area (Å²) in [6, 6.07) is 20.0. The maximum atomic E-state index is 13.5. The number of hydrogen-bond donors (Lipinski definition) is 0. The number of amides is 2. The van der Waals surface area contributed by atoms with E-state index in [9.17, 15) is 19.2 Å². The maximum absolute atomic E-state index is 13.5. The second-order valence-corrected chi connectivity index (χ2v) is 10.4. The van der Waals surface area contributed by atoms with Crippen molar-refractivity contribution in [2.45, 2.75) is 18.8 Å². The number of rotatable bonds is 6. The zero-order valence-electron chi connectivity index (χ0n) is 18.8. The molecule has 3 aromatic rings. The van der Waals surface area contributed by atoms with Crippen LogP contribution in [0, 0.1) is 23.7 Å². The molecule has 6 nitrogen and oxygen atoms in total. The Morgan fingerprint density at radius 1 is 0.886 bits per heavy atom. The molecule has 0 spiro atoms. The van der Waals surface area contributed by atoms with E-state index in [0.717, 1.165) is 12.8 Å². The van der Waals surface area contributed by atoms with Crippen molar-refractivity contribution < 1.29 is 23.9 Å². The Kier molecular flexibility index (Phi) is 5.37. The maximum Gasteiger partial charge on any atom is 0.338 e.